The molecule has 0 saturated carbocycles. The van der Waals surface area contributed by atoms with E-state index in [2.05, 4.69) is 10.3 Å². The molecule has 0 bridgehead atoms. The van der Waals surface area contributed by atoms with Crippen molar-refractivity contribution in [3.63, 3.8) is 0 Å². The summed E-state index contributed by atoms with van der Waals surface area (Å²) in [5.74, 6) is -0.464. The van der Waals surface area contributed by atoms with Crippen molar-refractivity contribution < 1.29 is 0 Å². The highest BCUT2D eigenvalue weighted by molar-refractivity contribution is 6.33. The van der Waals surface area contributed by atoms with Gasteiger partial charge in [0.1, 0.15) is 0 Å². The summed E-state index contributed by atoms with van der Waals surface area (Å²) in [6, 6.07) is 16.6. The number of fused-ring (bicyclic) bond motifs is 1. The van der Waals surface area contributed by atoms with Crippen molar-refractivity contribution in [1.29, 1.82) is 0 Å². The molecule has 0 aromatic heterocycles. The van der Waals surface area contributed by atoms with E-state index < -0.39 is 5.92 Å². The molecule has 2 aromatic rings. The first-order chi connectivity index (χ1) is 9.36. The summed E-state index contributed by atoms with van der Waals surface area (Å²) in [4.78, 5) is 0. The van der Waals surface area contributed by atoms with Gasteiger partial charge in [-0.2, -0.15) is 0 Å². The number of rotatable bonds is 1. The summed E-state index contributed by atoms with van der Waals surface area (Å²) in [6.45, 7) is 0. The topological polar surface area (TPSA) is 70.8 Å². The van der Waals surface area contributed by atoms with Crippen LogP contribution >= 0.6 is 0 Å². The van der Waals surface area contributed by atoms with Crippen LogP contribution in [0.25, 0.3) is 0 Å². The van der Waals surface area contributed by atoms with Crippen LogP contribution in [0.5, 0.6) is 0 Å². The highest BCUT2D eigenvalue weighted by atomic mass is 16.4. The Morgan fingerprint density at radius 1 is 0.684 bits per heavy atom. The van der Waals surface area contributed by atoms with Crippen molar-refractivity contribution in [3.8, 4) is 0 Å². The molecule has 0 amide bonds. The Bertz CT molecular complexity index is 624. The monoisotopic (exact) mass is 250 g/mol. The Kier molecular flexibility index (Phi) is 2.76. The van der Waals surface area contributed by atoms with Crippen molar-refractivity contribution in [2.75, 3.05) is 0 Å². The van der Waals surface area contributed by atoms with E-state index in [0.29, 0.717) is 22.6 Å². The lowest BCUT2D eigenvalue weighted by Crippen LogP contribution is -2.14. The molecule has 0 atom stereocenters. The Hall–Kier alpha value is -2.62. The molecular formula is C15H10N2O2-2. The first kappa shape index (κ1) is 11.5. The molecule has 0 unspecified atom stereocenters. The highest BCUT2D eigenvalue weighted by Gasteiger charge is 2.33. The number of hydrogen-bond donors (Lipinski definition) is 0. The fraction of sp³-hybridized carbons (Fsp3) is 0.0667. The highest BCUT2D eigenvalue weighted by Crippen LogP contribution is 2.35. The van der Waals surface area contributed by atoms with Gasteiger partial charge in [-0.25, -0.2) is 0 Å². The molecule has 0 aliphatic heterocycles. The second-order valence-corrected chi connectivity index (χ2v) is 4.34. The van der Waals surface area contributed by atoms with Gasteiger partial charge in [-0.05, 0) is 5.56 Å². The summed E-state index contributed by atoms with van der Waals surface area (Å²) in [7, 11) is 0. The second kappa shape index (κ2) is 4.57. The largest absolute Gasteiger partial charge is 0.792 e. The SMILES string of the molecule is [O-]/N=C1/c2ccccc2/C(=N/[O-])C1c1ccccc1. The van der Waals surface area contributed by atoms with Gasteiger partial charge in [0.05, 0.1) is 17.3 Å². The molecule has 94 valence electrons. The number of hydrogen-bond acceptors (Lipinski definition) is 4. The zero-order valence-electron chi connectivity index (χ0n) is 9.98. The molecule has 4 nitrogen and oxygen atoms in total. The van der Waals surface area contributed by atoms with Crippen LogP contribution in [0.1, 0.15) is 22.6 Å². The van der Waals surface area contributed by atoms with Gasteiger partial charge in [0.25, 0.3) is 0 Å². The molecule has 0 N–H and O–H groups in total. The van der Waals surface area contributed by atoms with Crippen LogP contribution < -0.4 is 0 Å². The minimum atomic E-state index is -0.464. The van der Waals surface area contributed by atoms with E-state index >= 15 is 0 Å². The van der Waals surface area contributed by atoms with Crippen LogP contribution in [0.4, 0.5) is 0 Å². The summed E-state index contributed by atoms with van der Waals surface area (Å²) in [6.07, 6.45) is 0. The zero-order valence-corrected chi connectivity index (χ0v) is 9.98. The molecule has 1 aliphatic rings. The third kappa shape index (κ3) is 1.69. The smallest absolute Gasteiger partial charge is 0.0682 e. The van der Waals surface area contributed by atoms with E-state index in [0.717, 1.165) is 5.56 Å². The average Bonchev–Trinajstić information content (AvgIpc) is 2.81. The summed E-state index contributed by atoms with van der Waals surface area (Å²) < 4.78 is 0. The summed E-state index contributed by atoms with van der Waals surface area (Å²) in [5.41, 5.74) is 2.96. The number of benzene rings is 2. The molecule has 1 aliphatic carbocycles. The normalized spacial score (nSPS) is 18.9. The predicted octanol–water partition coefficient (Wildman–Crippen LogP) is 3.06. The lowest BCUT2D eigenvalue weighted by molar-refractivity contribution is 1.21. The van der Waals surface area contributed by atoms with E-state index in [4.69, 9.17) is 0 Å². The van der Waals surface area contributed by atoms with E-state index in [9.17, 15) is 10.4 Å². The molecule has 2 aromatic carbocycles. The van der Waals surface area contributed by atoms with Gasteiger partial charge in [0, 0.05) is 11.1 Å². The van der Waals surface area contributed by atoms with Gasteiger partial charge >= 0.3 is 0 Å². The molecule has 4 heteroatoms. The van der Waals surface area contributed by atoms with Crippen LogP contribution in [0, 0.1) is 10.4 Å². The van der Waals surface area contributed by atoms with Crippen LogP contribution in [-0.4, -0.2) is 11.4 Å². The fourth-order valence-corrected chi connectivity index (χ4v) is 2.54. The summed E-state index contributed by atoms with van der Waals surface area (Å²) in [5, 5.41) is 28.6. The predicted molar refractivity (Wildman–Crippen MR) is 75.4 cm³/mol. The molecule has 0 fully saturated rings. The van der Waals surface area contributed by atoms with Crippen molar-refractivity contribution in [1.82, 2.24) is 0 Å². The number of nitrogens with zero attached hydrogens (tertiary/aromatic N) is 2. The van der Waals surface area contributed by atoms with E-state index in [1.54, 1.807) is 12.1 Å². The quantitative estimate of drug-likeness (QED) is 0.730. The molecule has 0 spiro atoms. The Morgan fingerprint density at radius 2 is 1.16 bits per heavy atom. The Morgan fingerprint density at radius 3 is 1.63 bits per heavy atom. The minimum absolute atomic E-state index is 0.358. The van der Waals surface area contributed by atoms with Gasteiger partial charge in [0.2, 0.25) is 0 Å². The average molecular weight is 250 g/mol. The zero-order chi connectivity index (χ0) is 13.2. The first-order valence-electron chi connectivity index (χ1n) is 5.92. The molecule has 19 heavy (non-hydrogen) atoms. The van der Waals surface area contributed by atoms with E-state index in [-0.39, 0.29) is 0 Å². The van der Waals surface area contributed by atoms with Gasteiger partial charge < -0.3 is 20.7 Å². The third-order valence-electron chi connectivity index (χ3n) is 3.36. The molecular weight excluding hydrogens is 240 g/mol. The van der Waals surface area contributed by atoms with Crippen LogP contribution in [-0.2, 0) is 0 Å². The minimum Gasteiger partial charge on any atom is -0.792 e. The van der Waals surface area contributed by atoms with Gasteiger partial charge in [0.15, 0.2) is 0 Å². The van der Waals surface area contributed by atoms with Crippen molar-refractivity contribution in [2.24, 2.45) is 10.3 Å². The maximum Gasteiger partial charge on any atom is 0.0682 e. The fourth-order valence-electron chi connectivity index (χ4n) is 2.54. The van der Waals surface area contributed by atoms with Gasteiger partial charge in [-0.3, -0.25) is 0 Å². The van der Waals surface area contributed by atoms with Crippen LogP contribution in [0.3, 0.4) is 0 Å². The van der Waals surface area contributed by atoms with Crippen molar-refractivity contribution in [3.05, 3.63) is 81.7 Å². The maximum atomic E-state index is 11.2. The lowest BCUT2D eigenvalue weighted by Gasteiger charge is -2.15. The van der Waals surface area contributed by atoms with E-state index in [1.165, 1.54) is 0 Å². The first-order valence-corrected chi connectivity index (χ1v) is 5.92. The Labute approximate surface area is 110 Å². The third-order valence-corrected chi connectivity index (χ3v) is 3.36. The van der Waals surface area contributed by atoms with Gasteiger partial charge in [-0.15, -0.1) is 0 Å². The standard InChI is InChI=1S/C15H12N2O2/c18-16-14-11-8-4-5-9-12(11)15(17-19)13(14)10-6-2-1-3-7-10/h1-9,13,18-19H/p-2/b16-14-,17-15-. The van der Waals surface area contributed by atoms with Gasteiger partial charge in [-0.1, -0.05) is 54.6 Å². The van der Waals surface area contributed by atoms with Crippen LogP contribution in [0.15, 0.2) is 64.9 Å². The second-order valence-electron chi connectivity index (χ2n) is 4.34. The Balaban J connectivity index is 2.22. The molecule has 0 heterocycles. The van der Waals surface area contributed by atoms with Crippen molar-refractivity contribution in [2.45, 2.75) is 5.92 Å². The molecule has 3 rings (SSSR count). The van der Waals surface area contributed by atoms with Crippen LogP contribution in [0.2, 0.25) is 0 Å². The summed E-state index contributed by atoms with van der Waals surface area (Å²) >= 11 is 0. The lowest BCUT2D eigenvalue weighted by atomic mass is 9.93. The van der Waals surface area contributed by atoms with E-state index in [1.807, 2.05) is 42.5 Å². The molecule has 0 radical (unpaired) electrons. The van der Waals surface area contributed by atoms with Crippen molar-refractivity contribution >= 4 is 11.4 Å². The maximum absolute atomic E-state index is 11.2. The molecule has 0 saturated heterocycles.